The van der Waals surface area contributed by atoms with E-state index < -0.39 is 0 Å². The molecule has 0 unspecified atom stereocenters. The number of nitrogens with one attached hydrogen (secondary N) is 1. The lowest BCUT2D eigenvalue weighted by Crippen LogP contribution is -2.13. The van der Waals surface area contributed by atoms with Crippen LogP contribution in [0.25, 0.3) is 22.2 Å². The predicted molar refractivity (Wildman–Crippen MR) is 125 cm³/mol. The van der Waals surface area contributed by atoms with Crippen LogP contribution in [0.4, 0.5) is 5.69 Å². The van der Waals surface area contributed by atoms with E-state index in [0.717, 1.165) is 39.8 Å². The summed E-state index contributed by atoms with van der Waals surface area (Å²) in [7, 11) is 0. The maximum absolute atomic E-state index is 13.3. The number of carbonyl (C=O) groups is 1. The molecule has 4 rings (SSSR count). The van der Waals surface area contributed by atoms with Gasteiger partial charge in [0.1, 0.15) is 0 Å². The number of rotatable bonds is 4. The van der Waals surface area contributed by atoms with Crippen LogP contribution in [0.3, 0.4) is 0 Å². The van der Waals surface area contributed by atoms with E-state index >= 15 is 0 Å². The fourth-order valence-electron chi connectivity index (χ4n) is 3.57. The monoisotopic (exact) mass is 394 g/mol. The van der Waals surface area contributed by atoms with Gasteiger partial charge in [0.25, 0.3) is 5.91 Å². The molecule has 0 fully saturated rings. The first-order chi connectivity index (χ1) is 14.4. The van der Waals surface area contributed by atoms with Crippen molar-refractivity contribution in [1.82, 2.24) is 4.98 Å². The molecule has 3 aromatic carbocycles. The zero-order valence-corrected chi connectivity index (χ0v) is 17.9. The molecule has 1 aromatic heterocycles. The third kappa shape index (κ3) is 3.97. The van der Waals surface area contributed by atoms with Crippen LogP contribution in [0.5, 0.6) is 0 Å². The van der Waals surface area contributed by atoms with Gasteiger partial charge in [0.15, 0.2) is 0 Å². The molecule has 0 aliphatic heterocycles. The van der Waals surface area contributed by atoms with Crippen LogP contribution in [-0.2, 0) is 6.42 Å². The molecule has 0 spiro atoms. The van der Waals surface area contributed by atoms with Crippen molar-refractivity contribution in [3.8, 4) is 11.3 Å². The molecule has 4 aromatic rings. The van der Waals surface area contributed by atoms with Gasteiger partial charge in [0, 0.05) is 16.6 Å². The minimum atomic E-state index is -0.118. The lowest BCUT2D eigenvalue weighted by molar-refractivity contribution is 0.102. The first-order valence-corrected chi connectivity index (χ1v) is 10.3. The Hall–Kier alpha value is -3.46. The molecule has 1 N–H and O–H groups in total. The molecule has 0 radical (unpaired) electrons. The minimum absolute atomic E-state index is 0.118. The average molecular weight is 395 g/mol. The number of benzene rings is 3. The summed E-state index contributed by atoms with van der Waals surface area (Å²) < 4.78 is 0. The van der Waals surface area contributed by atoms with Gasteiger partial charge in [-0.05, 0) is 74.2 Å². The second kappa shape index (κ2) is 8.11. The van der Waals surface area contributed by atoms with Crippen LogP contribution in [0.1, 0.15) is 39.5 Å². The number of aromatic nitrogens is 1. The summed E-state index contributed by atoms with van der Waals surface area (Å²) in [6, 6.07) is 22.3. The van der Waals surface area contributed by atoms with Gasteiger partial charge in [-0.3, -0.25) is 4.79 Å². The quantitative estimate of drug-likeness (QED) is 0.421. The minimum Gasteiger partial charge on any atom is -0.322 e. The summed E-state index contributed by atoms with van der Waals surface area (Å²) in [5.41, 5.74) is 8.82. The van der Waals surface area contributed by atoms with Gasteiger partial charge in [0.05, 0.1) is 16.8 Å². The maximum Gasteiger partial charge on any atom is 0.256 e. The SMILES string of the molecule is CCc1ccc2nc(-c3ccc(C)cc3)cc(C(=O)Nc3ccc(C)c(C)c3)c2c1. The van der Waals surface area contributed by atoms with Gasteiger partial charge in [-0.15, -0.1) is 0 Å². The highest BCUT2D eigenvalue weighted by Crippen LogP contribution is 2.27. The topological polar surface area (TPSA) is 42.0 Å². The molecule has 0 aliphatic carbocycles. The van der Waals surface area contributed by atoms with E-state index in [1.54, 1.807) is 0 Å². The lowest BCUT2D eigenvalue weighted by Gasteiger charge is -2.13. The van der Waals surface area contributed by atoms with Crippen molar-refractivity contribution in [2.24, 2.45) is 0 Å². The summed E-state index contributed by atoms with van der Waals surface area (Å²) >= 11 is 0. The number of hydrogen-bond donors (Lipinski definition) is 1. The highest BCUT2D eigenvalue weighted by molar-refractivity contribution is 6.13. The molecule has 1 amide bonds. The molecular formula is C27H26N2O. The highest BCUT2D eigenvalue weighted by atomic mass is 16.1. The largest absolute Gasteiger partial charge is 0.322 e. The van der Waals surface area contributed by atoms with Crippen molar-refractivity contribution in [2.75, 3.05) is 5.32 Å². The first kappa shape index (κ1) is 19.8. The number of pyridine rings is 1. The van der Waals surface area contributed by atoms with Crippen LogP contribution in [0.15, 0.2) is 66.7 Å². The first-order valence-electron chi connectivity index (χ1n) is 10.3. The normalized spacial score (nSPS) is 10.9. The molecule has 3 nitrogen and oxygen atoms in total. The molecule has 150 valence electrons. The van der Waals surface area contributed by atoms with Crippen molar-refractivity contribution in [3.05, 3.63) is 94.5 Å². The molecule has 30 heavy (non-hydrogen) atoms. The standard InChI is InChI=1S/C27H26N2O/c1-5-20-9-13-25-23(15-20)24(16-26(29-25)21-10-6-17(2)7-11-21)27(30)28-22-12-8-18(3)19(4)14-22/h6-16H,5H2,1-4H3,(H,28,30). The van der Waals surface area contributed by atoms with E-state index in [-0.39, 0.29) is 5.91 Å². The second-order valence-electron chi connectivity index (χ2n) is 7.88. The van der Waals surface area contributed by atoms with Crippen LogP contribution < -0.4 is 5.32 Å². The third-order valence-corrected chi connectivity index (χ3v) is 5.64. The fourth-order valence-corrected chi connectivity index (χ4v) is 3.57. The van der Waals surface area contributed by atoms with E-state index in [2.05, 4.69) is 69.4 Å². The Labute approximate surface area is 177 Å². The summed E-state index contributed by atoms with van der Waals surface area (Å²) in [6.07, 6.45) is 0.911. The number of aryl methyl sites for hydroxylation is 4. The Morgan fingerprint density at radius 1 is 0.867 bits per heavy atom. The van der Waals surface area contributed by atoms with Crippen molar-refractivity contribution < 1.29 is 4.79 Å². The molecular weight excluding hydrogens is 368 g/mol. The van der Waals surface area contributed by atoms with E-state index in [1.165, 1.54) is 16.7 Å². The third-order valence-electron chi connectivity index (χ3n) is 5.64. The molecule has 0 saturated heterocycles. The predicted octanol–water partition coefficient (Wildman–Crippen LogP) is 6.64. The van der Waals surface area contributed by atoms with E-state index in [1.807, 2.05) is 30.3 Å². The zero-order chi connectivity index (χ0) is 21.3. The lowest BCUT2D eigenvalue weighted by atomic mass is 10.0. The van der Waals surface area contributed by atoms with Crippen molar-refractivity contribution in [2.45, 2.75) is 34.1 Å². The van der Waals surface area contributed by atoms with Gasteiger partial charge in [0.2, 0.25) is 0 Å². The number of fused-ring (bicyclic) bond motifs is 1. The molecule has 0 aliphatic rings. The van der Waals surface area contributed by atoms with Crippen LogP contribution >= 0.6 is 0 Å². The smallest absolute Gasteiger partial charge is 0.256 e. The summed E-state index contributed by atoms with van der Waals surface area (Å²) in [4.78, 5) is 18.2. The molecule has 1 heterocycles. The number of amides is 1. The second-order valence-corrected chi connectivity index (χ2v) is 7.88. The Bertz CT molecular complexity index is 1240. The van der Waals surface area contributed by atoms with Gasteiger partial charge in [-0.25, -0.2) is 4.98 Å². The van der Waals surface area contributed by atoms with Gasteiger partial charge < -0.3 is 5.32 Å². The highest BCUT2D eigenvalue weighted by Gasteiger charge is 2.15. The number of hydrogen-bond acceptors (Lipinski definition) is 2. The molecule has 3 heteroatoms. The molecule has 0 saturated carbocycles. The number of anilines is 1. The Morgan fingerprint density at radius 3 is 2.33 bits per heavy atom. The van der Waals surface area contributed by atoms with Gasteiger partial charge in [-0.2, -0.15) is 0 Å². The van der Waals surface area contributed by atoms with Crippen LogP contribution in [0, 0.1) is 20.8 Å². The van der Waals surface area contributed by atoms with E-state index in [0.29, 0.717) is 5.56 Å². The maximum atomic E-state index is 13.3. The molecule has 0 bridgehead atoms. The molecule has 0 atom stereocenters. The summed E-state index contributed by atoms with van der Waals surface area (Å²) in [5.74, 6) is -0.118. The average Bonchev–Trinajstić information content (AvgIpc) is 2.75. The van der Waals surface area contributed by atoms with Crippen molar-refractivity contribution >= 4 is 22.5 Å². The zero-order valence-electron chi connectivity index (χ0n) is 17.9. The van der Waals surface area contributed by atoms with E-state index in [4.69, 9.17) is 4.98 Å². The number of nitrogens with zero attached hydrogens (tertiary/aromatic N) is 1. The summed E-state index contributed by atoms with van der Waals surface area (Å²) in [6.45, 7) is 8.30. The van der Waals surface area contributed by atoms with Gasteiger partial charge in [-0.1, -0.05) is 48.9 Å². The van der Waals surface area contributed by atoms with Crippen molar-refractivity contribution in [1.29, 1.82) is 0 Å². The fraction of sp³-hybridized carbons (Fsp3) is 0.185. The van der Waals surface area contributed by atoms with E-state index in [9.17, 15) is 4.79 Å². The summed E-state index contributed by atoms with van der Waals surface area (Å²) in [5, 5.41) is 3.96. The van der Waals surface area contributed by atoms with Crippen LogP contribution in [-0.4, -0.2) is 10.9 Å². The van der Waals surface area contributed by atoms with Crippen molar-refractivity contribution in [3.63, 3.8) is 0 Å². The number of carbonyl (C=O) groups excluding carboxylic acids is 1. The Kier molecular flexibility index (Phi) is 5.37. The Balaban J connectivity index is 1.83. The van der Waals surface area contributed by atoms with Crippen LogP contribution in [0.2, 0.25) is 0 Å². The Morgan fingerprint density at radius 2 is 1.63 bits per heavy atom. The van der Waals surface area contributed by atoms with Gasteiger partial charge >= 0.3 is 0 Å².